The molecule has 7 aromatic carbocycles. The van der Waals surface area contributed by atoms with Gasteiger partial charge >= 0.3 is 0 Å². The molecular formula is C48H40O2. The maximum atomic E-state index is 7.07. The summed E-state index contributed by atoms with van der Waals surface area (Å²) in [5.41, 5.74) is 11.6. The Morgan fingerprint density at radius 1 is 0.460 bits per heavy atom. The van der Waals surface area contributed by atoms with Crippen LogP contribution >= 0.6 is 0 Å². The van der Waals surface area contributed by atoms with Crippen molar-refractivity contribution in [3.63, 3.8) is 0 Å². The number of benzene rings is 7. The van der Waals surface area contributed by atoms with Gasteiger partial charge in [0.2, 0.25) is 0 Å². The number of rotatable bonds is 2. The van der Waals surface area contributed by atoms with Crippen LogP contribution in [0.5, 0.6) is 0 Å². The highest BCUT2D eigenvalue weighted by Gasteiger charge is 2.30. The molecule has 0 N–H and O–H groups in total. The Kier molecular flexibility index (Phi) is 5.98. The van der Waals surface area contributed by atoms with Gasteiger partial charge in [-0.2, -0.15) is 0 Å². The first-order valence-corrected chi connectivity index (χ1v) is 18.0. The Morgan fingerprint density at radius 3 is 1.64 bits per heavy atom. The smallest absolute Gasteiger partial charge is 0.143 e. The highest BCUT2D eigenvalue weighted by atomic mass is 16.3. The summed E-state index contributed by atoms with van der Waals surface area (Å²) in [5.74, 6) is 1.09. The molecule has 0 saturated heterocycles. The third-order valence-corrected chi connectivity index (χ3v) is 11.2. The minimum Gasteiger partial charge on any atom is -0.460 e. The minimum atomic E-state index is -0.0656. The SMILES string of the molecule is CC(C)(C)c1cc2c3oc4ccc(-c5ccccc5)cc4c3c3cc(C(C)(C)C)cc4c5oc6c(c5c(c1)c2c43)C=C(c1ccccc1)CC6. The second-order valence-electron chi connectivity index (χ2n) is 16.5. The molecular weight excluding hydrogens is 609 g/mol. The summed E-state index contributed by atoms with van der Waals surface area (Å²) >= 11 is 0. The third-order valence-electron chi connectivity index (χ3n) is 11.2. The number of furan rings is 2. The molecule has 244 valence electrons. The lowest BCUT2D eigenvalue weighted by atomic mass is 9.79. The molecule has 0 atom stereocenters. The Balaban J connectivity index is 1.44. The van der Waals surface area contributed by atoms with Crippen LogP contribution < -0.4 is 0 Å². The van der Waals surface area contributed by atoms with Crippen molar-refractivity contribution in [1.29, 1.82) is 0 Å². The van der Waals surface area contributed by atoms with E-state index in [9.17, 15) is 0 Å². The number of hydrogen-bond acceptors (Lipinski definition) is 2. The van der Waals surface area contributed by atoms with Crippen LogP contribution in [-0.4, -0.2) is 0 Å². The monoisotopic (exact) mass is 648 g/mol. The zero-order chi connectivity index (χ0) is 34.1. The van der Waals surface area contributed by atoms with Crippen LogP contribution in [0, 0.1) is 0 Å². The summed E-state index contributed by atoms with van der Waals surface area (Å²) in [6, 6.07) is 37.9. The first kappa shape index (κ1) is 29.6. The van der Waals surface area contributed by atoms with Gasteiger partial charge in [0.15, 0.2) is 0 Å². The lowest BCUT2D eigenvalue weighted by molar-refractivity contribution is 0.550. The van der Waals surface area contributed by atoms with E-state index in [1.165, 1.54) is 82.0 Å². The highest BCUT2D eigenvalue weighted by Crippen LogP contribution is 2.52. The van der Waals surface area contributed by atoms with Crippen LogP contribution in [0.15, 0.2) is 112 Å². The van der Waals surface area contributed by atoms with E-state index in [0.717, 1.165) is 40.7 Å². The molecule has 0 radical (unpaired) electrons. The predicted octanol–water partition coefficient (Wildman–Crippen LogP) is 14.0. The van der Waals surface area contributed by atoms with Crippen molar-refractivity contribution in [2.24, 2.45) is 0 Å². The van der Waals surface area contributed by atoms with E-state index >= 15 is 0 Å². The van der Waals surface area contributed by atoms with Crippen molar-refractivity contribution in [1.82, 2.24) is 0 Å². The van der Waals surface area contributed by atoms with Crippen LogP contribution in [0.2, 0.25) is 0 Å². The van der Waals surface area contributed by atoms with Gasteiger partial charge in [-0.15, -0.1) is 0 Å². The van der Waals surface area contributed by atoms with Crippen LogP contribution in [0.25, 0.3) is 88.0 Å². The fraction of sp³-hybridized carbons (Fsp3) is 0.208. The van der Waals surface area contributed by atoms with Crippen LogP contribution in [0.4, 0.5) is 0 Å². The van der Waals surface area contributed by atoms with E-state index in [4.69, 9.17) is 8.83 Å². The average molecular weight is 649 g/mol. The van der Waals surface area contributed by atoms with Gasteiger partial charge in [-0.25, -0.2) is 0 Å². The van der Waals surface area contributed by atoms with E-state index in [-0.39, 0.29) is 10.8 Å². The van der Waals surface area contributed by atoms with E-state index in [2.05, 4.69) is 151 Å². The normalized spacial score (nSPS) is 14.2. The highest BCUT2D eigenvalue weighted by molar-refractivity contribution is 6.42. The first-order chi connectivity index (χ1) is 24.0. The molecule has 0 amide bonds. The zero-order valence-corrected chi connectivity index (χ0v) is 29.6. The number of hydrogen-bond donors (Lipinski definition) is 0. The summed E-state index contributed by atoms with van der Waals surface area (Å²) in [5, 5.41) is 11.0. The fourth-order valence-corrected chi connectivity index (χ4v) is 8.47. The minimum absolute atomic E-state index is 0.0656. The molecule has 0 fully saturated rings. The van der Waals surface area contributed by atoms with Crippen LogP contribution in [0.1, 0.15) is 76.0 Å². The Bertz CT molecular complexity index is 2850. The molecule has 1 aliphatic carbocycles. The maximum absolute atomic E-state index is 7.07. The first-order valence-electron chi connectivity index (χ1n) is 18.0. The summed E-state index contributed by atoms with van der Waals surface area (Å²) in [6.45, 7) is 13.9. The summed E-state index contributed by atoms with van der Waals surface area (Å²) in [7, 11) is 0. The lowest BCUT2D eigenvalue weighted by Gasteiger charge is -2.24. The number of allylic oxidation sites excluding steroid dienone is 1. The van der Waals surface area contributed by atoms with Gasteiger partial charge in [-0.3, -0.25) is 0 Å². The average Bonchev–Trinajstić information content (AvgIpc) is 3.70. The topological polar surface area (TPSA) is 26.3 Å². The standard InChI is InChI=1S/C48H40O2/c1-47(2,3)31-23-35-41-37(25-31)45-44(34-22-30(18-20-40(34)49-45)28-15-11-8-12-16-28)36-24-32(48(4,5)6)26-38(42(36)41)46-43(35)33-21-29(17-19-39(33)50-46)27-13-9-7-10-14-27/h7-17,19,21-26H,18,20H2,1-6H3. The molecule has 0 bridgehead atoms. The van der Waals surface area contributed by atoms with E-state index < -0.39 is 0 Å². The molecule has 10 rings (SSSR count). The van der Waals surface area contributed by atoms with E-state index in [0.29, 0.717) is 0 Å². The summed E-state index contributed by atoms with van der Waals surface area (Å²) in [6.07, 6.45) is 4.26. The van der Waals surface area contributed by atoms with Crippen molar-refractivity contribution in [3.8, 4) is 11.1 Å². The summed E-state index contributed by atoms with van der Waals surface area (Å²) < 4.78 is 14.1. The van der Waals surface area contributed by atoms with Crippen LogP contribution in [0.3, 0.4) is 0 Å². The molecule has 0 saturated carbocycles. The van der Waals surface area contributed by atoms with Crippen molar-refractivity contribution >= 4 is 76.9 Å². The molecule has 2 heterocycles. The van der Waals surface area contributed by atoms with Gasteiger partial charge in [-0.1, -0.05) is 108 Å². The van der Waals surface area contributed by atoms with Gasteiger partial charge in [0, 0.05) is 49.7 Å². The number of aryl methyl sites for hydroxylation is 1. The number of fused-ring (bicyclic) bond motifs is 10. The van der Waals surface area contributed by atoms with Gasteiger partial charge in [0.05, 0.1) is 0 Å². The van der Waals surface area contributed by atoms with Crippen molar-refractivity contribution in [2.75, 3.05) is 0 Å². The second kappa shape index (κ2) is 10.1. The van der Waals surface area contributed by atoms with E-state index in [1.807, 2.05) is 0 Å². The third kappa shape index (κ3) is 4.21. The van der Waals surface area contributed by atoms with Crippen molar-refractivity contribution in [2.45, 2.75) is 65.2 Å². The van der Waals surface area contributed by atoms with Gasteiger partial charge in [0.1, 0.15) is 22.5 Å². The largest absolute Gasteiger partial charge is 0.460 e. The molecule has 9 aromatic rings. The Hall–Kier alpha value is -5.34. The van der Waals surface area contributed by atoms with Gasteiger partial charge in [0.25, 0.3) is 0 Å². The van der Waals surface area contributed by atoms with Crippen molar-refractivity contribution in [3.05, 3.63) is 131 Å². The van der Waals surface area contributed by atoms with Gasteiger partial charge in [-0.05, 0) is 104 Å². The second-order valence-corrected chi connectivity index (χ2v) is 16.5. The molecule has 50 heavy (non-hydrogen) atoms. The molecule has 2 aromatic heterocycles. The quantitative estimate of drug-likeness (QED) is 0.174. The van der Waals surface area contributed by atoms with E-state index in [1.54, 1.807) is 0 Å². The predicted molar refractivity (Wildman–Crippen MR) is 213 cm³/mol. The maximum Gasteiger partial charge on any atom is 0.143 e. The van der Waals surface area contributed by atoms with Crippen molar-refractivity contribution < 1.29 is 8.83 Å². The molecule has 0 aliphatic heterocycles. The Labute approximate surface area is 292 Å². The molecule has 0 unspecified atom stereocenters. The lowest BCUT2D eigenvalue weighted by Crippen LogP contribution is -2.12. The summed E-state index contributed by atoms with van der Waals surface area (Å²) in [4.78, 5) is 0. The zero-order valence-electron chi connectivity index (χ0n) is 29.6. The molecule has 1 aliphatic rings. The Morgan fingerprint density at radius 2 is 1.02 bits per heavy atom. The molecule has 2 heteroatoms. The molecule has 0 spiro atoms. The van der Waals surface area contributed by atoms with Crippen LogP contribution in [-0.2, 0) is 17.3 Å². The fourth-order valence-electron chi connectivity index (χ4n) is 8.47. The molecule has 2 nitrogen and oxygen atoms in total. The van der Waals surface area contributed by atoms with Gasteiger partial charge < -0.3 is 8.83 Å².